The van der Waals surface area contributed by atoms with Gasteiger partial charge in [0, 0.05) is 9.72 Å². The molecular weight excluding hydrogens is 311 g/mol. The number of halogens is 2. The maximum Gasteiger partial charge on any atom is 0.126 e. The summed E-state index contributed by atoms with van der Waals surface area (Å²) in [5.74, 6) is -0.136. The zero-order valence-corrected chi connectivity index (χ0v) is 12.5. The van der Waals surface area contributed by atoms with Gasteiger partial charge in [-0.05, 0) is 42.0 Å². The molecule has 0 saturated heterocycles. The van der Waals surface area contributed by atoms with E-state index in [-0.39, 0.29) is 10.6 Å². The molecule has 2 aromatic rings. The van der Waals surface area contributed by atoms with E-state index in [1.807, 2.05) is 12.1 Å². The molecule has 0 aliphatic heterocycles. The summed E-state index contributed by atoms with van der Waals surface area (Å²) in [6.07, 6.45) is 2.71. The van der Waals surface area contributed by atoms with Crippen LogP contribution < -0.4 is 0 Å². The van der Waals surface area contributed by atoms with Crippen LogP contribution in [0.4, 0.5) is 4.39 Å². The van der Waals surface area contributed by atoms with Crippen LogP contribution in [-0.4, -0.2) is 6.26 Å². The van der Waals surface area contributed by atoms with Crippen LogP contribution in [0.15, 0.2) is 53.4 Å². The molecule has 0 radical (unpaired) electrons. The lowest BCUT2D eigenvalue weighted by Crippen LogP contribution is -1.97. The van der Waals surface area contributed by atoms with E-state index in [0.717, 1.165) is 5.56 Å². The van der Waals surface area contributed by atoms with Crippen LogP contribution in [0.1, 0.15) is 16.0 Å². The van der Waals surface area contributed by atoms with Gasteiger partial charge in [0.25, 0.3) is 0 Å². The van der Waals surface area contributed by atoms with Gasteiger partial charge in [0.2, 0.25) is 0 Å². The van der Waals surface area contributed by atoms with Gasteiger partial charge in [-0.1, -0.05) is 46.3 Å². The molecule has 0 saturated carbocycles. The van der Waals surface area contributed by atoms with Crippen molar-refractivity contribution in [1.82, 2.24) is 0 Å². The Bertz CT molecular complexity index is 510. The number of rotatable bonds is 4. The normalized spacial score (nSPS) is 12.4. The van der Waals surface area contributed by atoms with Crippen molar-refractivity contribution in [1.29, 1.82) is 0 Å². The summed E-state index contributed by atoms with van der Waals surface area (Å²) in [6.45, 7) is 0. The SMILES string of the molecule is CSc1ccc(C(Br)Cc2ccccc2F)cc1. The fourth-order valence-electron chi connectivity index (χ4n) is 1.79. The third-order valence-corrected chi connectivity index (χ3v) is 4.43. The molecule has 0 bridgehead atoms. The highest BCUT2D eigenvalue weighted by molar-refractivity contribution is 9.09. The van der Waals surface area contributed by atoms with E-state index in [0.29, 0.717) is 6.42 Å². The summed E-state index contributed by atoms with van der Waals surface area (Å²) in [7, 11) is 0. The molecule has 0 aliphatic carbocycles. The van der Waals surface area contributed by atoms with Crippen molar-refractivity contribution in [2.75, 3.05) is 6.26 Å². The van der Waals surface area contributed by atoms with Gasteiger partial charge >= 0.3 is 0 Å². The Kier molecular flexibility index (Phi) is 4.84. The Morgan fingerprint density at radius 2 is 1.78 bits per heavy atom. The first kappa shape index (κ1) is 13.6. The minimum Gasteiger partial charge on any atom is -0.207 e. The maximum atomic E-state index is 13.6. The number of thioether (sulfide) groups is 1. The second-order valence-corrected chi connectivity index (χ2v) is 6.02. The Morgan fingerprint density at radius 1 is 1.11 bits per heavy atom. The molecule has 2 rings (SSSR count). The van der Waals surface area contributed by atoms with Gasteiger partial charge in [-0.15, -0.1) is 11.8 Å². The highest BCUT2D eigenvalue weighted by atomic mass is 79.9. The van der Waals surface area contributed by atoms with Crippen LogP contribution in [0.25, 0.3) is 0 Å². The van der Waals surface area contributed by atoms with E-state index in [1.165, 1.54) is 16.5 Å². The number of hydrogen-bond donors (Lipinski definition) is 0. The third kappa shape index (κ3) is 3.36. The van der Waals surface area contributed by atoms with Gasteiger partial charge < -0.3 is 0 Å². The molecule has 0 aromatic heterocycles. The molecule has 1 atom stereocenters. The second-order valence-electron chi connectivity index (χ2n) is 4.04. The van der Waals surface area contributed by atoms with Gasteiger partial charge in [0.1, 0.15) is 5.82 Å². The van der Waals surface area contributed by atoms with E-state index < -0.39 is 0 Å². The van der Waals surface area contributed by atoms with E-state index in [1.54, 1.807) is 17.8 Å². The summed E-state index contributed by atoms with van der Waals surface area (Å²) in [6, 6.07) is 15.3. The van der Waals surface area contributed by atoms with Crippen LogP contribution in [0, 0.1) is 5.82 Å². The molecule has 2 aromatic carbocycles. The predicted octanol–water partition coefficient (Wildman–Crippen LogP) is 5.23. The highest BCUT2D eigenvalue weighted by Crippen LogP contribution is 2.29. The van der Waals surface area contributed by atoms with Gasteiger partial charge in [0.05, 0.1) is 0 Å². The minimum absolute atomic E-state index is 0.136. The molecule has 0 nitrogen and oxygen atoms in total. The molecule has 0 aliphatic rings. The number of alkyl halides is 1. The summed E-state index contributed by atoms with van der Waals surface area (Å²) in [5.41, 5.74) is 1.92. The Morgan fingerprint density at radius 3 is 2.39 bits per heavy atom. The van der Waals surface area contributed by atoms with E-state index in [4.69, 9.17) is 0 Å². The monoisotopic (exact) mass is 324 g/mol. The van der Waals surface area contributed by atoms with Gasteiger partial charge in [0.15, 0.2) is 0 Å². The molecule has 94 valence electrons. The number of benzene rings is 2. The van der Waals surface area contributed by atoms with Crippen molar-refractivity contribution >= 4 is 27.7 Å². The fourth-order valence-corrected chi connectivity index (χ4v) is 2.85. The van der Waals surface area contributed by atoms with E-state index in [2.05, 4.69) is 46.5 Å². The average molecular weight is 325 g/mol. The van der Waals surface area contributed by atoms with Crippen molar-refractivity contribution in [2.45, 2.75) is 16.1 Å². The first-order valence-corrected chi connectivity index (χ1v) is 7.86. The van der Waals surface area contributed by atoms with Gasteiger partial charge in [-0.3, -0.25) is 0 Å². The maximum absolute atomic E-state index is 13.6. The van der Waals surface area contributed by atoms with Crippen molar-refractivity contribution in [2.24, 2.45) is 0 Å². The zero-order chi connectivity index (χ0) is 13.0. The lowest BCUT2D eigenvalue weighted by atomic mass is 10.0. The van der Waals surface area contributed by atoms with Crippen molar-refractivity contribution in [3.05, 3.63) is 65.5 Å². The molecular formula is C15H14BrFS. The summed E-state index contributed by atoms with van der Waals surface area (Å²) >= 11 is 5.35. The molecule has 0 amide bonds. The van der Waals surface area contributed by atoms with Gasteiger partial charge in [-0.2, -0.15) is 0 Å². The Balaban J connectivity index is 2.11. The summed E-state index contributed by atoms with van der Waals surface area (Å²) in [5, 5.41) is 0. The van der Waals surface area contributed by atoms with Crippen molar-refractivity contribution in [3.63, 3.8) is 0 Å². The lowest BCUT2D eigenvalue weighted by molar-refractivity contribution is 0.608. The smallest absolute Gasteiger partial charge is 0.126 e. The first-order valence-electron chi connectivity index (χ1n) is 5.72. The fraction of sp³-hybridized carbons (Fsp3) is 0.200. The minimum atomic E-state index is -0.136. The molecule has 0 spiro atoms. The summed E-state index contributed by atoms with van der Waals surface area (Å²) in [4.78, 5) is 1.38. The third-order valence-electron chi connectivity index (χ3n) is 2.83. The highest BCUT2D eigenvalue weighted by Gasteiger charge is 2.11. The molecule has 1 unspecified atom stereocenters. The second kappa shape index (κ2) is 6.39. The number of hydrogen-bond acceptors (Lipinski definition) is 1. The van der Waals surface area contributed by atoms with Crippen LogP contribution in [0.5, 0.6) is 0 Å². The van der Waals surface area contributed by atoms with Crippen molar-refractivity contribution < 1.29 is 4.39 Å². The molecule has 0 heterocycles. The average Bonchev–Trinajstić information content (AvgIpc) is 2.41. The predicted molar refractivity (Wildman–Crippen MR) is 80.0 cm³/mol. The van der Waals surface area contributed by atoms with Crippen LogP contribution in [-0.2, 0) is 6.42 Å². The molecule has 3 heteroatoms. The molecule has 18 heavy (non-hydrogen) atoms. The topological polar surface area (TPSA) is 0 Å². The van der Waals surface area contributed by atoms with E-state index >= 15 is 0 Å². The Hall–Kier alpha value is -0.800. The van der Waals surface area contributed by atoms with Crippen LogP contribution in [0.2, 0.25) is 0 Å². The Labute approximate surface area is 120 Å². The van der Waals surface area contributed by atoms with E-state index in [9.17, 15) is 4.39 Å². The first-order chi connectivity index (χ1) is 8.70. The lowest BCUT2D eigenvalue weighted by Gasteiger charge is -2.11. The molecule has 0 N–H and O–H groups in total. The zero-order valence-electron chi connectivity index (χ0n) is 10.1. The van der Waals surface area contributed by atoms with Crippen molar-refractivity contribution in [3.8, 4) is 0 Å². The summed E-state index contributed by atoms with van der Waals surface area (Å²) < 4.78 is 13.6. The van der Waals surface area contributed by atoms with Crippen LogP contribution in [0.3, 0.4) is 0 Å². The molecule has 0 fully saturated rings. The van der Waals surface area contributed by atoms with Crippen LogP contribution >= 0.6 is 27.7 Å². The van der Waals surface area contributed by atoms with Gasteiger partial charge in [-0.25, -0.2) is 4.39 Å². The standard InChI is InChI=1S/C15H14BrFS/c1-18-13-8-6-11(7-9-13)14(16)10-12-4-2-3-5-15(12)17/h2-9,14H,10H2,1H3. The largest absolute Gasteiger partial charge is 0.207 e. The quantitative estimate of drug-likeness (QED) is 0.548.